The van der Waals surface area contributed by atoms with Gasteiger partial charge >= 0.3 is 12.1 Å². The van der Waals surface area contributed by atoms with Crippen LogP contribution in [-0.4, -0.2) is 39.7 Å². The smallest absolute Gasteiger partial charge is 0.422 e. The van der Waals surface area contributed by atoms with E-state index in [9.17, 15) is 22.8 Å². The van der Waals surface area contributed by atoms with Gasteiger partial charge in [0.25, 0.3) is 5.91 Å². The molecule has 0 radical (unpaired) electrons. The first-order chi connectivity index (χ1) is 11.3. The van der Waals surface area contributed by atoms with Crippen LogP contribution >= 0.6 is 0 Å². The maximum absolute atomic E-state index is 12.2. The van der Waals surface area contributed by atoms with E-state index in [1.54, 1.807) is 0 Å². The molecule has 126 valence electrons. The van der Waals surface area contributed by atoms with Crippen molar-refractivity contribution in [2.24, 2.45) is 0 Å². The second-order valence-corrected chi connectivity index (χ2v) is 4.45. The van der Waals surface area contributed by atoms with Crippen LogP contribution in [0.4, 0.5) is 18.9 Å². The second kappa shape index (κ2) is 6.94. The summed E-state index contributed by atoms with van der Waals surface area (Å²) in [6.45, 7) is -1.51. The maximum Gasteiger partial charge on any atom is 0.422 e. The molecule has 0 fully saturated rings. The van der Waals surface area contributed by atoms with Crippen molar-refractivity contribution in [1.82, 2.24) is 9.97 Å². The van der Waals surface area contributed by atoms with Gasteiger partial charge in [0, 0.05) is 0 Å². The van der Waals surface area contributed by atoms with E-state index in [4.69, 9.17) is 5.11 Å². The standard InChI is InChI=1S/C14H10F3N3O4/c15-14(16,17)7-24-11-4-2-1-3-8(11)20-12(21)9-5-19-10(6-18-9)13(22)23/h1-6H,7H2,(H,20,21)(H,22,23). The summed E-state index contributed by atoms with van der Waals surface area (Å²) < 4.78 is 41.3. The molecule has 10 heteroatoms. The number of hydrogen-bond acceptors (Lipinski definition) is 5. The Hall–Kier alpha value is -3.17. The molecule has 0 aliphatic carbocycles. The lowest BCUT2D eigenvalue weighted by molar-refractivity contribution is -0.153. The predicted octanol–water partition coefficient (Wildman–Crippen LogP) is 2.37. The lowest BCUT2D eigenvalue weighted by atomic mass is 10.2. The summed E-state index contributed by atoms with van der Waals surface area (Å²) in [7, 11) is 0. The minimum absolute atomic E-state index is 0.0101. The zero-order valence-corrected chi connectivity index (χ0v) is 11.9. The molecular formula is C14H10F3N3O4. The van der Waals surface area contributed by atoms with Gasteiger partial charge in [-0.15, -0.1) is 0 Å². The lowest BCUT2D eigenvalue weighted by Gasteiger charge is -2.13. The van der Waals surface area contributed by atoms with E-state index in [2.05, 4.69) is 20.0 Å². The van der Waals surface area contributed by atoms with Crippen molar-refractivity contribution < 1.29 is 32.6 Å². The minimum Gasteiger partial charge on any atom is -0.482 e. The van der Waals surface area contributed by atoms with Crippen LogP contribution in [0.1, 0.15) is 21.0 Å². The van der Waals surface area contributed by atoms with Gasteiger partial charge in [0.05, 0.1) is 18.1 Å². The van der Waals surface area contributed by atoms with Crippen molar-refractivity contribution in [2.45, 2.75) is 6.18 Å². The zero-order valence-electron chi connectivity index (χ0n) is 11.9. The van der Waals surface area contributed by atoms with Crippen molar-refractivity contribution in [1.29, 1.82) is 0 Å². The van der Waals surface area contributed by atoms with E-state index in [1.807, 2.05) is 0 Å². The highest BCUT2D eigenvalue weighted by Gasteiger charge is 2.29. The van der Waals surface area contributed by atoms with E-state index in [0.717, 1.165) is 12.4 Å². The SMILES string of the molecule is O=C(O)c1cnc(C(=O)Nc2ccccc2OCC(F)(F)F)cn1. The summed E-state index contributed by atoms with van der Waals surface area (Å²) in [5.74, 6) is -2.25. The summed E-state index contributed by atoms with van der Waals surface area (Å²) in [4.78, 5) is 29.8. The molecule has 24 heavy (non-hydrogen) atoms. The number of para-hydroxylation sites is 2. The van der Waals surface area contributed by atoms with Crippen molar-refractivity contribution >= 4 is 17.6 Å². The highest BCUT2D eigenvalue weighted by Crippen LogP contribution is 2.26. The number of hydrogen-bond donors (Lipinski definition) is 2. The van der Waals surface area contributed by atoms with Gasteiger partial charge in [-0.1, -0.05) is 12.1 Å². The molecular weight excluding hydrogens is 331 g/mol. The number of carbonyl (C=O) groups is 2. The van der Waals surface area contributed by atoms with Gasteiger partial charge < -0.3 is 15.2 Å². The van der Waals surface area contributed by atoms with Gasteiger partial charge in [-0.25, -0.2) is 14.8 Å². The van der Waals surface area contributed by atoms with Crippen LogP contribution < -0.4 is 10.1 Å². The number of aromatic nitrogens is 2. The number of ether oxygens (including phenoxy) is 1. The number of aromatic carboxylic acids is 1. The van der Waals surface area contributed by atoms with E-state index in [-0.39, 0.29) is 22.8 Å². The molecule has 0 aliphatic heterocycles. The highest BCUT2D eigenvalue weighted by atomic mass is 19.4. The first-order valence-corrected chi connectivity index (χ1v) is 6.41. The topological polar surface area (TPSA) is 101 Å². The Morgan fingerprint density at radius 3 is 2.33 bits per heavy atom. The summed E-state index contributed by atoms with van der Waals surface area (Å²) in [6, 6.07) is 5.56. The molecule has 1 amide bonds. The first kappa shape index (κ1) is 17.2. The quantitative estimate of drug-likeness (QED) is 0.866. The van der Waals surface area contributed by atoms with Gasteiger partial charge in [0.15, 0.2) is 12.3 Å². The van der Waals surface area contributed by atoms with Crippen molar-refractivity contribution in [3.8, 4) is 5.75 Å². The van der Waals surface area contributed by atoms with Crippen LogP contribution in [0.3, 0.4) is 0 Å². The van der Waals surface area contributed by atoms with Gasteiger partial charge in [-0.3, -0.25) is 4.79 Å². The lowest BCUT2D eigenvalue weighted by Crippen LogP contribution is -2.20. The Balaban J connectivity index is 2.12. The average molecular weight is 341 g/mol. The molecule has 2 rings (SSSR count). The Labute approximate surface area is 133 Å². The summed E-state index contributed by atoms with van der Waals surface area (Å²) in [5.41, 5.74) is -0.540. The molecule has 1 aromatic heterocycles. The molecule has 0 saturated heterocycles. The molecule has 1 aromatic carbocycles. The molecule has 7 nitrogen and oxygen atoms in total. The third-order valence-corrected chi connectivity index (χ3v) is 2.63. The van der Waals surface area contributed by atoms with Gasteiger partial charge in [0.1, 0.15) is 11.4 Å². The first-order valence-electron chi connectivity index (χ1n) is 6.41. The Morgan fingerprint density at radius 1 is 1.12 bits per heavy atom. The van der Waals surface area contributed by atoms with Crippen LogP contribution in [-0.2, 0) is 0 Å². The van der Waals surface area contributed by atoms with Crippen molar-refractivity contribution in [2.75, 3.05) is 11.9 Å². The Bertz CT molecular complexity index is 748. The summed E-state index contributed by atoms with van der Waals surface area (Å²) in [6.07, 6.45) is -2.68. The maximum atomic E-state index is 12.2. The number of carbonyl (C=O) groups excluding carboxylic acids is 1. The average Bonchev–Trinajstić information content (AvgIpc) is 2.53. The molecule has 0 atom stereocenters. The number of anilines is 1. The highest BCUT2D eigenvalue weighted by molar-refractivity contribution is 6.03. The third-order valence-electron chi connectivity index (χ3n) is 2.63. The third kappa shape index (κ3) is 4.66. The molecule has 0 bridgehead atoms. The van der Waals surface area contributed by atoms with E-state index < -0.39 is 24.7 Å². The van der Waals surface area contributed by atoms with E-state index >= 15 is 0 Å². The van der Waals surface area contributed by atoms with E-state index in [0.29, 0.717) is 0 Å². The fourth-order valence-corrected chi connectivity index (χ4v) is 1.60. The number of carboxylic acid groups (broad SMARTS) is 1. The monoisotopic (exact) mass is 341 g/mol. The van der Waals surface area contributed by atoms with Crippen LogP contribution in [0, 0.1) is 0 Å². The fraction of sp³-hybridized carbons (Fsp3) is 0.143. The predicted molar refractivity (Wildman–Crippen MR) is 74.9 cm³/mol. The Morgan fingerprint density at radius 2 is 1.75 bits per heavy atom. The van der Waals surface area contributed by atoms with Crippen LogP contribution in [0.25, 0.3) is 0 Å². The normalized spacial score (nSPS) is 11.0. The minimum atomic E-state index is -4.52. The largest absolute Gasteiger partial charge is 0.482 e. The van der Waals surface area contributed by atoms with Gasteiger partial charge in [-0.05, 0) is 12.1 Å². The number of nitrogens with zero attached hydrogens (tertiary/aromatic N) is 2. The summed E-state index contributed by atoms with van der Waals surface area (Å²) in [5, 5.41) is 11.0. The molecule has 2 aromatic rings. The Kier molecular flexibility index (Phi) is 4.97. The molecule has 0 saturated carbocycles. The number of benzene rings is 1. The number of carboxylic acids is 1. The zero-order chi connectivity index (χ0) is 17.7. The molecule has 0 aliphatic rings. The molecule has 1 heterocycles. The fourth-order valence-electron chi connectivity index (χ4n) is 1.60. The molecule has 0 unspecified atom stereocenters. The number of nitrogens with one attached hydrogen (secondary N) is 1. The van der Waals surface area contributed by atoms with Gasteiger partial charge in [0.2, 0.25) is 0 Å². The van der Waals surface area contributed by atoms with E-state index in [1.165, 1.54) is 24.3 Å². The number of halogens is 3. The van der Waals surface area contributed by atoms with Crippen LogP contribution in [0.15, 0.2) is 36.7 Å². The molecule has 0 spiro atoms. The number of amides is 1. The number of alkyl halides is 3. The van der Waals surface area contributed by atoms with Gasteiger partial charge in [-0.2, -0.15) is 13.2 Å². The summed E-state index contributed by atoms with van der Waals surface area (Å²) >= 11 is 0. The molecule has 2 N–H and O–H groups in total. The van der Waals surface area contributed by atoms with Crippen molar-refractivity contribution in [3.63, 3.8) is 0 Å². The van der Waals surface area contributed by atoms with Crippen LogP contribution in [0.5, 0.6) is 5.75 Å². The number of rotatable bonds is 5. The second-order valence-electron chi connectivity index (χ2n) is 4.45. The van der Waals surface area contributed by atoms with Crippen LogP contribution in [0.2, 0.25) is 0 Å². The van der Waals surface area contributed by atoms with Crippen molar-refractivity contribution in [3.05, 3.63) is 48.0 Å².